The molecule has 0 N–H and O–H groups in total. The molecule has 0 saturated carbocycles. The van der Waals surface area contributed by atoms with Crippen LogP contribution in [-0.4, -0.2) is 20.2 Å². The summed E-state index contributed by atoms with van der Waals surface area (Å²) in [5, 5.41) is 0. The molecular formula is C24H23N4+. The number of benzene rings is 2. The van der Waals surface area contributed by atoms with E-state index in [1.54, 1.807) is 0 Å². The van der Waals surface area contributed by atoms with E-state index in [0.29, 0.717) is 0 Å². The zero-order chi connectivity index (χ0) is 19.5. The normalized spacial score (nSPS) is 15.3. The molecule has 0 spiro atoms. The Hall–Kier alpha value is -3.27. The smallest absolute Gasteiger partial charge is 0.264 e. The van der Waals surface area contributed by atoms with Crippen LogP contribution in [0.4, 0.5) is 11.6 Å². The van der Waals surface area contributed by atoms with Crippen LogP contribution in [0.15, 0.2) is 67.0 Å². The third-order valence-corrected chi connectivity index (χ3v) is 5.97. The summed E-state index contributed by atoms with van der Waals surface area (Å²) < 4.78 is 4.67. The van der Waals surface area contributed by atoms with Gasteiger partial charge in [-0.1, -0.05) is 35.3 Å². The number of hydrogen-bond acceptors (Lipinski definition) is 2. The van der Waals surface area contributed by atoms with Crippen molar-refractivity contribution in [2.24, 2.45) is 0 Å². The van der Waals surface area contributed by atoms with Gasteiger partial charge in [-0.15, -0.1) is 0 Å². The van der Waals surface area contributed by atoms with Gasteiger partial charge in [0.05, 0.1) is 5.71 Å². The van der Waals surface area contributed by atoms with Gasteiger partial charge in [-0.3, -0.25) is 4.98 Å². The maximum absolute atomic E-state index is 5.00. The first-order valence-electron chi connectivity index (χ1n) is 9.61. The van der Waals surface area contributed by atoms with Crippen LogP contribution < -0.4 is 4.58 Å². The molecule has 28 heavy (non-hydrogen) atoms. The van der Waals surface area contributed by atoms with Crippen LogP contribution in [0.3, 0.4) is 0 Å². The average molecular weight is 367 g/mol. The van der Waals surface area contributed by atoms with E-state index in [2.05, 4.69) is 84.3 Å². The molecule has 1 aliphatic heterocycles. The molecule has 0 radical (unpaired) electrons. The lowest BCUT2D eigenvalue weighted by Gasteiger charge is -2.17. The van der Waals surface area contributed by atoms with E-state index < -0.39 is 0 Å². The van der Waals surface area contributed by atoms with Crippen molar-refractivity contribution in [3.8, 4) is 11.1 Å². The van der Waals surface area contributed by atoms with Crippen LogP contribution in [0.5, 0.6) is 0 Å². The van der Waals surface area contributed by atoms with Gasteiger partial charge >= 0.3 is 5.95 Å². The van der Waals surface area contributed by atoms with Crippen molar-refractivity contribution in [1.82, 2.24) is 19.1 Å². The highest BCUT2D eigenvalue weighted by atomic mass is 15.3. The van der Waals surface area contributed by atoms with E-state index in [9.17, 15) is 0 Å². The lowest BCUT2D eigenvalue weighted by atomic mass is 9.99. The molecule has 138 valence electrons. The van der Waals surface area contributed by atoms with Gasteiger partial charge in [0.15, 0.2) is 5.52 Å². The molecular weight excluding hydrogens is 344 g/mol. The lowest BCUT2D eigenvalue weighted by molar-refractivity contribution is 0.528. The topological polar surface area (TPSA) is 33.7 Å². The van der Waals surface area contributed by atoms with E-state index in [1.165, 1.54) is 22.5 Å². The van der Waals surface area contributed by atoms with Gasteiger partial charge < -0.3 is 0 Å². The minimum Gasteiger partial charge on any atom is -0.264 e. The Labute approximate surface area is 164 Å². The maximum atomic E-state index is 5.00. The van der Waals surface area contributed by atoms with Gasteiger partial charge in [0.2, 0.25) is 0 Å². The molecule has 0 atom stereocenters. The SMILES string of the molecule is CC1=[N+](c2cc(-c3cccnc3)ccc2C)c2nc3ccccc3n2C1(C)C. The molecule has 1 aliphatic rings. The molecule has 3 heterocycles. The van der Waals surface area contributed by atoms with Gasteiger partial charge in [-0.05, 0) is 63.1 Å². The molecule has 4 heteroatoms. The quantitative estimate of drug-likeness (QED) is 0.441. The number of imidazole rings is 1. The average Bonchev–Trinajstić information content (AvgIpc) is 3.17. The van der Waals surface area contributed by atoms with Crippen molar-refractivity contribution in [3.63, 3.8) is 0 Å². The highest BCUT2D eigenvalue weighted by molar-refractivity contribution is 6.00. The van der Waals surface area contributed by atoms with Crippen LogP contribution >= 0.6 is 0 Å². The zero-order valence-corrected chi connectivity index (χ0v) is 16.6. The molecule has 0 bridgehead atoms. The minimum atomic E-state index is -0.151. The van der Waals surface area contributed by atoms with Gasteiger partial charge in [0.1, 0.15) is 16.7 Å². The van der Waals surface area contributed by atoms with Gasteiger partial charge in [-0.2, -0.15) is 4.58 Å². The molecule has 0 aliphatic carbocycles. The first-order valence-corrected chi connectivity index (χ1v) is 9.61. The standard InChI is InChI=1S/C24H23N4/c1-16-11-12-18(19-8-7-13-25-15-19)14-22(16)27-17(2)24(3,4)28-21-10-6-5-9-20(21)26-23(27)28/h5-15H,1-4H3/q+1. The van der Waals surface area contributed by atoms with E-state index in [0.717, 1.165) is 22.6 Å². The first kappa shape index (κ1) is 16.9. The Morgan fingerprint density at radius 3 is 2.54 bits per heavy atom. The van der Waals surface area contributed by atoms with Crippen molar-refractivity contribution >= 4 is 28.4 Å². The summed E-state index contributed by atoms with van der Waals surface area (Å²) in [7, 11) is 0. The number of aryl methyl sites for hydroxylation is 1. The molecule has 4 nitrogen and oxygen atoms in total. The van der Waals surface area contributed by atoms with Gasteiger partial charge in [-0.25, -0.2) is 4.57 Å². The van der Waals surface area contributed by atoms with E-state index in [4.69, 9.17) is 4.98 Å². The zero-order valence-electron chi connectivity index (χ0n) is 16.6. The fourth-order valence-electron chi connectivity index (χ4n) is 4.15. The second kappa shape index (κ2) is 5.86. The fourth-order valence-corrected chi connectivity index (χ4v) is 4.15. The van der Waals surface area contributed by atoms with Crippen LogP contribution in [0, 0.1) is 6.92 Å². The van der Waals surface area contributed by atoms with Crippen molar-refractivity contribution in [2.45, 2.75) is 33.2 Å². The van der Waals surface area contributed by atoms with E-state index in [-0.39, 0.29) is 5.54 Å². The number of para-hydroxylation sites is 2. The van der Waals surface area contributed by atoms with Gasteiger partial charge in [0, 0.05) is 18.0 Å². The monoisotopic (exact) mass is 367 g/mol. The summed E-state index contributed by atoms with van der Waals surface area (Å²) in [6.45, 7) is 8.90. The molecule has 0 saturated heterocycles. The summed E-state index contributed by atoms with van der Waals surface area (Å²) in [4.78, 5) is 9.27. The number of rotatable bonds is 2. The van der Waals surface area contributed by atoms with Gasteiger partial charge in [0.25, 0.3) is 0 Å². The summed E-state index contributed by atoms with van der Waals surface area (Å²) >= 11 is 0. The lowest BCUT2D eigenvalue weighted by Crippen LogP contribution is -2.31. The fraction of sp³-hybridized carbons (Fsp3) is 0.208. The largest absolute Gasteiger partial charge is 0.405 e. The summed E-state index contributed by atoms with van der Waals surface area (Å²) in [5.74, 6) is 0.982. The third-order valence-electron chi connectivity index (χ3n) is 5.97. The summed E-state index contributed by atoms with van der Waals surface area (Å²) in [6, 6.07) is 19.0. The van der Waals surface area contributed by atoms with Crippen LogP contribution in [0.1, 0.15) is 26.3 Å². The Morgan fingerprint density at radius 2 is 1.75 bits per heavy atom. The number of nitrogens with zero attached hydrogens (tertiary/aromatic N) is 4. The second-order valence-corrected chi connectivity index (χ2v) is 7.96. The molecule has 0 unspecified atom stereocenters. The highest BCUT2D eigenvalue weighted by Crippen LogP contribution is 2.40. The third kappa shape index (κ3) is 2.27. The molecule has 2 aromatic carbocycles. The number of aromatic nitrogens is 3. The first-order chi connectivity index (χ1) is 13.5. The molecule has 0 fully saturated rings. The molecule has 0 amide bonds. The van der Waals surface area contributed by atoms with Crippen LogP contribution in [0.25, 0.3) is 22.2 Å². The highest BCUT2D eigenvalue weighted by Gasteiger charge is 2.45. The Morgan fingerprint density at radius 1 is 0.929 bits per heavy atom. The maximum Gasteiger partial charge on any atom is 0.405 e. The number of fused-ring (bicyclic) bond motifs is 3. The Balaban J connectivity index is 1.78. The van der Waals surface area contributed by atoms with Crippen LogP contribution in [-0.2, 0) is 5.54 Å². The Kier molecular flexibility index (Phi) is 3.53. The predicted octanol–water partition coefficient (Wildman–Crippen LogP) is 5.45. The minimum absolute atomic E-state index is 0.151. The number of pyridine rings is 1. The summed E-state index contributed by atoms with van der Waals surface area (Å²) in [6.07, 6.45) is 3.72. The van der Waals surface area contributed by atoms with Crippen molar-refractivity contribution in [2.75, 3.05) is 0 Å². The van der Waals surface area contributed by atoms with Crippen LogP contribution in [0.2, 0.25) is 0 Å². The predicted molar refractivity (Wildman–Crippen MR) is 116 cm³/mol. The van der Waals surface area contributed by atoms with Crippen molar-refractivity contribution in [3.05, 3.63) is 72.6 Å². The Bertz CT molecular complexity index is 1250. The molecule has 4 aromatic rings. The van der Waals surface area contributed by atoms with E-state index in [1.807, 2.05) is 24.5 Å². The molecule has 2 aromatic heterocycles. The van der Waals surface area contributed by atoms with E-state index >= 15 is 0 Å². The second-order valence-electron chi connectivity index (χ2n) is 7.96. The molecule has 5 rings (SSSR count). The number of hydrogen-bond donors (Lipinski definition) is 0. The van der Waals surface area contributed by atoms with Crippen molar-refractivity contribution < 1.29 is 0 Å². The summed E-state index contributed by atoms with van der Waals surface area (Å²) in [5.41, 5.74) is 8.00. The van der Waals surface area contributed by atoms with Crippen molar-refractivity contribution in [1.29, 1.82) is 0 Å².